The van der Waals surface area contributed by atoms with Crippen molar-refractivity contribution in [3.8, 4) is 0 Å². The highest BCUT2D eigenvalue weighted by molar-refractivity contribution is 7.28. The predicted octanol–water partition coefficient (Wildman–Crippen LogP) is 9.52. The number of thiophene rings is 2. The summed E-state index contributed by atoms with van der Waals surface area (Å²) in [5.41, 5.74) is 11.3. The highest BCUT2D eigenvalue weighted by atomic mass is 32.1. The molecule has 0 amide bonds. The molecule has 9 aromatic rings. The summed E-state index contributed by atoms with van der Waals surface area (Å²) in [7, 11) is 4.33. The van der Waals surface area contributed by atoms with Crippen LogP contribution in [0.4, 0.5) is 0 Å². The quantitative estimate of drug-likeness (QED) is 0.206. The van der Waals surface area contributed by atoms with Crippen LogP contribution in [0.25, 0.3) is 84.7 Å². The topological polar surface area (TPSA) is 36.1 Å². The summed E-state index contributed by atoms with van der Waals surface area (Å²) in [6, 6.07) is 17.7. The van der Waals surface area contributed by atoms with Gasteiger partial charge in [0.05, 0.1) is 31.5 Å². The summed E-state index contributed by atoms with van der Waals surface area (Å²) >= 11 is 3.67. The number of rotatable bonds is 0. The summed E-state index contributed by atoms with van der Waals surface area (Å²) in [4.78, 5) is 0. The Labute approximate surface area is 212 Å². The van der Waals surface area contributed by atoms with Crippen LogP contribution in [0, 0.1) is 13.8 Å². The summed E-state index contributed by atoms with van der Waals surface area (Å²) in [6.45, 7) is 4.22. The maximum absolute atomic E-state index is 6.42. The van der Waals surface area contributed by atoms with Crippen LogP contribution in [0.2, 0.25) is 0 Å². The van der Waals surface area contributed by atoms with Crippen molar-refractivity contribution < 1.29 is 8.83 Å². The minimum Gasteiger partial charge on any atom is -0.453 e. The minimum atomic E-state index is 0.964. The second-order valence-corrected chi connectivity index (χ2v) is 12.2. The van der Waals surface area contributed by atoms with Crippen LogP contribution >= 0.6 is 22.7 Å². The van der Waals surface area contributed by atoms with Gasteiger partial charge in [-0.05, 0) is 61.4 Å². The average Bonchev–Trinajstić information content (AvgIpc) is 3.64. The molecule has 0 radical (unpaired) electrons. The number of hydrogen-bond donors (Lipinski definition) is 0. The van der Waals surface area contributed by atoms with E-state index in [0.29, 0.717) is 0 Å². The lowest BCUT2D eigenvalue weighted by Gasteiger charge is -2.01. The Kier molecular flexibility index (Phi) is 3.32. The first-order chi connectivity index (χ1) is 17.5. The van der Waals surface area contributed by atoms with E-state index in [4.69, 9.17) is 8.83 Å². The number of furan rings is 2. The molecule has 6 heterocycles. The molecule has 9 rings (SSSR count). The molecule has 0 fully saturated rings. The summed E-state index contributed by atoms with van der Waals surface area (Å²) in [6.07, 6.45) is 0. The van der Waals surface area contributed by atoms with Crippen molar-refractivity contribution in [2.45, 2.75) is 13.8 Å². The zero-order valence-electron chi connectivity index (χ0n) is 20.1. The molecular formula is C30H20N2O2S2. The molecule has 0 unspecified atom stereocenters. The predicted molar refractivity (Wildman–Crippen MR) is 154 cm³/mol. The Hall–Kier alpha value is -3.74. The van der Waals surface area contributed by atoms with Crippen LogP contribution in [-0.2, 0) is 14.1 Å². The first kappa shape index (κ1) is 19.4. The van der Waals surface area contributed by atoms with E-state index in [1.165, 1.54) is 73.5 Å². The molecule has 0 N–H and O–H groups in total. The molecule has 0 saturated carbocycles. The standard InChI is InChI=1S/C30H20N2O2S2/c1-13-5-7-15-19(9-13)33-27-23(15)31(3)25-17-11-22-18(12-21(17)35-29(25)27)26-30(36-22)28-24(32(26)4)16-8-6-14(2)10-20(16)34-28/h5-12H,1-4H3. The second kappa shape index (κ2) is 6.14. The van der Waals surface area contributed by atoms with E-state index >= 15 is 0 Å². The monoisotopic (exact) mass is 504 g/mol. The molecule has 4 nitrogen and oxygen atoms in total. The fourth-order valence-electron chi connectivity index (χ4n) is 6.21. The molecule has 3 aromatic carbocycles. The third kappa shape index (κ3) is 2.13. The molecule has 0 aliphatic rings. The van der Waals surface area contributed by atoms with Gasteiger partial charge in [0.1, 0.15) is 11.2 Å². The lowest BCUT2D eigenvalue weighted by molar-refractivity contribution is 0.672. The second-order valence-electron chi connectivity index (χ2n) is 10.1. The summed E-state index contributed by atoms with van der Waals surface area (Å²) in [5, 5.41) is 4.94. The fourth-order valence-corrected chi connectivity index (χ4v) is 8.69. The molecule has 0 bridgehead atoms. The van der Waals surface area contributed by atoms with Crippen LogP contribution in [-0.4, -0.2) is 9.13 Å². The van der Waals surface area contributed by atoms with Gasteiger partial charge in [-0.3, -0.25) is 0 Å². The normalized spacial score (nSPS) is 13.0. The third-order valence-electron chi connectivity index (χ3n) is 7.84. The first-order valence-electron chi connectivity index (χ1n) is 12.1. The number of nitrogens with zero attached hydrogens (tertiary/aromatic N) is 2. The Morgan fingerprint density at radius 1 is 0.556 bits per heavy atom. The maximum Gasteiger partial charge on any atom is 0.171 e. The van der Waals surface area contributed by atoms with E-state index < -0.39 is 0 Å². The summed E-state index contributed by atoms with van der Waals surface area (Å²) in [5.74, 6) is 0. The average molecular weight is 505 g/mol. The van der Waals surface area contributed by atoms with Crippen molar-refractivity contribution in [2.75, 3.05) is 0 Å². The largest absolute Gasteiger partial charge is 0.453 e. The van der Waals surface area contributed by atoms with Gasteiger partial charge < -0.3 is 18.0 Å². The van der Waals surface area contributed by atoms with Crippen LogP contribution in [0.5, 0.6) is 0 Å². The van der Waals surface area contributed by atoms with Gasteiger partial charge in [0.25, 0.3) is 0 Å². The molecule has 6 heteroatoms. The molecule has 0 atom stereocenters. The molecule has 0 aliphatic carbocycles. The Morgan fingerprint density at radius 3 is 1.44 bits per heavy atom. The van der Waals surface area contributed by atoms with Gasteiger partial charge in [0, 0.05) is 45.0 Å². The smallest absolute Gasteiger partial charge is 0.171 e. The molecular weight excluding hydrogens is 484 g/mol. The van der Waals surface area contributed by atoms with Crippen molar-refractivity contribution in [3.05, 3.63) is 59.7 Å². The van der Waals surface area contributed by atoms with E-state index in [1.54, 1.807) is 0 Å². The number of fused-ring (bicyclic) bond motifs is 14. The highest BCUT2D eigenvalue weighted by Crippen LogP contribution is 2.49. The maximum atomic E-state index is 6.42. The number of aromatic nitrogens is 2. The number of benzene rings is 3. The van der Waals surface area contributed by atoms with E-state index in [2.05, 4.69) is 85.6 Å². The van der Waals surface area contributed by atoms with Crippen LogP contribution in [0.15, 0.2) is 57.4 Å². The van der Waals surface area contributed by atoms with E-state index in [1.807, 2.05) is 22.7 Å². The Morgan fingerprint density at radius 2 is 1.00 bits per heavy atom. The molecule has 6 aromatic heterocycles. The molecule has 174 valence electrons. The molecule has 0 saturated heterocycles. The van der Waals surface area contributed by atoms with Crippen molar-refractivity contribution in [3.63, 3.8) is 0 Å². The van der Waals surface area contributed by atoms with Gasteiger partial charge in [0.2, 0.25) is 0 Å². The molecule has 0 spiro atoms. The van der Waals surface area contributed by atoms with Gasteiger partial charge in [-0.2, -0.15) is 0 Å². The number of hydrogen-bond acceptors (Lipinski definition) is 4. The van der Waals surface area contributed by atoms with Crippen molar-refractivity contribution in [2.24, 2.45) is 14.1 Å². The Bertz CT molecular complexity index is 2240. The van der Waals surface area contributed by atoms with Crippen LogP contribution < -0.4 is 0 Å². The minimum absolute atomic E-state index is 0.964. The SMILES string of the molecule is Cc1ccc2c(c1)oc1c3sc4cc5c(cc4c3n(C)c21)sc1c2oc3cc(C)ccc3c2n(C)c51. The van der Waals surface area contributed by atoms with E-state index in [9.17, 15) is 0 Å². The van der Waals surface area contributed by atoms with Crippen LogP contribution in [0.3, 0.4) is 0 Å². The number of aryl methyl sites for hydroxylation is 4. The molecule has 0 aliphatic heterocycles. The zero-order valence-corrected chi connectivity index (χ0v) is 21.8. The van der Waals surface area contributed by atoms with Crippen LogP contribution in [0.1, 0.15) is 11.1 Å². The van der Waals surface area contributed by atoms with Crippen molar-refractivity contribution in [1.82, 2.24) is 9.13 Å². The van der Waals surface area contributed by atoms with E-state index in [-0.39, 0.29) is 0 Å². The van der Waals surface area contributed by atoms with Crippen molar-refractivity contribution in [1.29, 1.82) is 0 Å². The third-order valence-corrected chi connectivity index (χ3v) is 10.1. The lowest BCUT2D eigenvalue weighted by atomic mass is 10.2. The fraction of sp³-hybridized carbons (Fsp3) is 0.133. The first-order valence-corrected chi connectivity index (χ1v) is 13.7. The van der Waals surface area contributed by atoms with Gasteiger partial charge in [-0.25, -0.2) is 0 Å². The van der Waals surface area contributed by atoms with Gasteiger partial charge in [0.15, 0.2) is 11.2 Å². The van der Waals surface area contributed by atoms with Gasteiger partial charge in [-0.15, -0.1) is 22.7 Å². The van der Waals surface area contributed by atoms with E-state index in [0.717, 1.165) is 22.3 Å². The zero-order chi connectivity index (χ0) is 24.0. The highest BCUT2D eigenvalue weighted by Gasteiger charge is 2.24. The molecule has 36 heavy (non-hydrogen) atoms. The van der Waals surface area contributed by atoms with Gasteiger partial charge in [-0.1, -0.05) is 12.1 Å². The van der Waals surface area contributed by atoms with Crippen molar-refractivity contribution >= 4 is 107 Å². The Balaban J connectivity index is 1.40. The summed E-state index contributed by atoms with van der Waals surface area (Å²) < 4.78 is 22.5. The lowest BCUT2D eigenvalue weighted by Crippen LogP contribution is -1.87. The van der Waals surface area contributed by atoms with Gasteiger partial charge >= 0.3 is 0 Å².